The van der Waals surface area contributed by atoms with Crippen LogP contribution in [0.1, 0.15) is 16.1 Å². The lowest BCUT2D eigenvalue weighted by Gasteiger charge is -2.05. The van der Waals surface area contributed by atoms with E-state index in [1.54, 1.807) is 0 Å². The number of nitrogens with zero attached hydrogens (tertiary/aromatic N) is 2. The van der Waals surface area contributed by atoms with E-state index in [0.29, 0.717) is 0 Å². The van der Waals surface area contributed by atoms with E-state index >= 15 is 0 Å². The van der Waals surface area contributed by atoms with Crippen LogP contribution in [0.3, 0.4) is 0 Å². The minimum Gasteiger partial charge on any atom is -0.445 e. The van der Waals surface area contributed by atoms with Crippen molar-refractivity contribution in [3.63, 3.8) is 0 Å². The molecule has 0 saturated carbocycles. The molecule has 0 atom stereocenters. The topological polar surface area (TPSA) is 79.9 Å². The normalized spacial score (nSPS) is 10.9. The number of H-pyrrole nitrogens is 1. The van der Waals surface area contributed by atoms with Crippen LogP contribution in [0.15, 0.2) is 54.6 Å². The monoisotopic (exact) mass is 378 g/mol. The molecular formula is C20H18N4O2S. The average Bonchev–Trinajstić information content (AvgIpc) is 3.33. The summed E-state index contributed by atoms with van der Waals surface area (Å²) in [4.78, 5) is 15.2. The van der Waals surface area contributed by atoms with Gasteiger partial charge in [-0.15, -0.1) is 10.2 Å². The molecule has 0 aliphatic carbocycles. The lowest BCUT2D eigenvalue weighted by atomic mass is 10.1. The molecule has 0 aliphatic rings. The Morgan fingerprint density at radius 2 is 2.00 bits per heavy atom. The number of fused-ring (bicyclic) bond motifs is 1. The van der Waals surface area contributed by atoms with Crippen molar-refractivity contribution in [2.75, 3.05) is 0 Å². The Balaban J connectivity index is 1.36. The second kappa shape index (κ2) is 7.59. The molecule has 0 aliphatic heterocycles. The van der Waals surface area contributed by atoms with Crippen molar-refractivity contribution in [2.24, 2.45) is 0 Å². The van der Waals surface area contributed by atoms with Crippen molar-refractivity contribution in [3.8, 4) is 10.7 Å². The molecule has 0 radical (unpaired) electrons. The molecule has 2 aromatic heterocycles. The molecule has 4 aromatic rings. The van der Waals surface area contributed by atoms with Crippen LogP contribution in [-0.2, 0) is 17.9 Å². The maximum atomic E-state index is 11.8. The first-order valence-corrected chi connectivity index (χ1v) is 9.36. The van der Waals surface area contributed by atoms with Gasteiger partial charge in [-0.2, -0.15) is 0 Å². The molecular weight excluding hydrogens is 360 g/mol. The van der Waals surface area contributed by atoms with Crippen molar-refractivity contribution in [2.45, 2.75) is 20.1 Å². The van der Waals surface area contributed by atoms with E-state index in [1.165, 1.54) is 22.3 Å². The Labute approximate surface area is 160 Å². The first-order valence-electron chi connectivity index (χ1n) is 8.55. The predicted molar refractivity (Wildman–Crippen MR) is 105 cm³/mol. The lowest BCUT2D eigenvalue weighted by molar-refractivity contribution is 0.139. The summed E-state index contributed by atoms with van der Waals surface area (Å²) in [5, 5.41) is 13.8. The molecule has 136 valence electrons. The number of ether oxygens (including phenoxy) is 1. The third-order valence-corrected chi connectivity index (χ3v) is 5.13. The number of aromatic amines is 1. The zero-order valence-electron chi connectivity index (χ0n) is 14.7. The Kier molecular flexibility index (Phi) is 4.84. The highest BCUT2D eigenvalue weighted by Gasteiger charge is 2.11. The third-order valence-electron chi connectivity index (χ3n) is 4.18. The number of hydrogen-bond acceptors (Lipinski definition) is 5. The Morgan fingerprint density at radius 1 is 1.15 bits per heavy atom. The van der Waals surface area contributed by atoms with Crippen molar-refractivity contribution >= 4 is 28.3 Å². The highest BCUT2D eigenvalue weighted by atomic mass is 32.1. The Hall–Kier alpha value is -3.19. The van der Waals surface area contributed by atoms with Gasteiger partial charge in [0.2, 0.25) is 0 Å². The molecule has 0 bridgehead atoms. The summed E-state index contributed by atoms with van der Waals surface area (Å²) in [6, 6.07) is 17.8. The molecule has 0 spiro atoms. The minimum atomic E-state index is -0.475. The summed E-state index contributed by atoms with van der Waals surface area (Å²) in [6.07, 6.45) is -0.475. The smallest absolute Gasteiger partial charge is 0.407 e. The van der Waals surface area contributed by atoms with Gasteiger partial charge in [-0.05, 0) is 30.2 Å². The third kappa shape index (κ3) is 3.98. The van der Waals surface area contributed by atoms with Gasteiger partial charge in [0.1, 0.15) is 11.6 Å². The molecule has 0 fully saturated rings. The zero-order valence-corrected chi connectivity index (χ0v) is 15.5. The Morgan fingerprint density at radius 3 is 2.81 bits per heavy atom. The van der Waals surface area contributed by atoms with Crippen molar-refractivity contribution < 1.29 is 9.53 Å². The highest BCUT2D eigenvalue weighted by molar-refractivity contribution is 7.14. The Bertz CT molecular complexity index is 1070. The molecule has 2 heterocycles. The van der Waals surface area contributed by atoms with Crippen LogP contribution in [0.5, 0.6) is 0 Å². The van der Waals surface area contributed by atoms with Gasteiger partial charge in [0, 0.05) is 10.9 Å². The number of nitrogens with one attached hydrogen (secondary N) is 2. The largest absolute Gasteiger partial charge is 0.445 e. The van der Waals surface area contributed by atoms with Gasteiger partial charge < -0.3 is 15.0 Å². The second-order valence-corrected chi connectivity index (χ2v) is 7.20. The molecule has 7 heteroatoms. The van der Waals surface area contributed by atoms with Crippen LogP contribution in [-0.4, -0.2) is 21.3 Å². The van der Waals surface area contributed by atoms with E-state index in [4.69, 9.17) is 4.74 Å². The van der Waals surface area contributed by atoms with Crippen molar-refractivity contribution in [1.82, 2.24) is 20.5 Å². The van der Waals surface area contributed by atoms with E-state index in [9.17, 15) is 4.79 Å². The van der Waals surface area contributed by atoms with E-state index in [1.807, 2.05) is 42.5 Å². The van der Waals surface area contributed by atoms with Gasteiger partial charge in [-0.3, -0.25) is 0 Å². The van der Waals surface area contributed by atoms with Gasteiger partial charge in [0.05, 0.1) is 12.2 Å². The van der Waals surface area contributed by atoms with Gasteiger partial charge in [-0.1, -0.05) is 53.8 Å². The van der Waals surface area contributed by atoms with Crippen LogP contribution >= 0.6 is 11.3 Å². The fraction of sp³-hybridized carbons (Fsp3) is 0.150. The fourth-order valence-electron chi connectivity index (χ4n) is 2.78. The molecule has 1 amide bonds. The van der Waals surface area contributed by atoms with Crippen LogP contribution in [0.2, 0.25) is 0 Å². The summed E-state index contributed by atoms with van der Waals surface area (Å²) in [6.45, 7) is 2.60. The minimum absolute atomic E-state index is 0.239. The highest BCUT2D eigenvalue weighted by Crippen LogP contribution is 2.28. The first-order chi connectivity index (χ1) is 13.2. The van der Waals surface area contributed by atoms with Gasteiger partial charge in [0.15, 0.2) is 5.01 Å². The van der Waals surface area contributed by atoms with Crippen molar-refractivity contribution in [3.05, 3.63) is 70.7 Å². The zero-order chi connectivity index (χ0) is 18.6. The number of alkyl carbamates (subject to hydrolysis) is 1. The fourth-order valence-corrected chi connectivity index (χ4v) is 3.53. The quantitative estimate of drug-likeness (QED) is 0.539. The molecule has 2 aromatic carbocycles. The van der Waals surface area contributed by atoms with E-state index in [0.717, 1.165) is 26.8 Å². The van der Waals surface area contributed by atoms with Crippen LogP contribution in [0.4, 0.5) is 4.79 Å². The molecule has 0 unspecified atom stereocenters. The molecule has 0 saturated heterocycles. The average molecular weight is 378 g/mol. The number of carbonyl (C=O) groups is 1. The summed E-state index contributed by atoms with van der Waals surface area (Å²) in [5.74, 6) is 0. The van der Waals surface area contributed by atoms with E-state index in [2.05, 4.69) is 39.6 Å². The number of carbonyl (C=O) groups excluding carboxylic acids is 1. The predicted octanol–water partition coefficient (Wildman–Crippen LogP) is 4.42. The van der Waals surface area contributed by atoms with Crippen LogP contribution in [0, 0.1) is 6.92 Å². The number of aryl methyl sites for hydroxylation is 1. The molecule has 6 nitrogen and oxygen atoms in total. The summed E-state index contributed by atoms with van der Waals surface area (Å²) in [7, 11) is 0. The van der Waals surface area contributed by atoms with Gasteiger partial charge in [0.25, 0.3) is 0 Å². The number of rotatable bonds is 5. The summed E-state index contributed by atoms with van der Waals surface area (Å²) < 4.78 is 5.19. The number of benzene rings is 2. The van der Waals surface area contributed by atoms with Crippen molar-refractivity contribution in [1.29, 1.82) is 0 Å². The summed E-state index contributed by atoms with van der Waals surface area (Å²) in [5.41, 5.74) is 4.15. The standard InChI is InChI=1S/C20H18N4O2S/c1-13-6-5-9-16-15(13)10-17(22-16)19-24-23-18(27-19)11-21-20(25)26-12-14-7-3-2-4-8-14/h2-10,22H,11-12H2,1H3,(H,21,25). The number of amides is 1. The van der Waals surface area contributed by atoms with Crippen LogP contribution in [0.25, 0.3) is 21.6 Å². The lowest BCUT2D eigenvalue weighted by Crippen LogP contribution is -2.23. The van der Waals surface area contributed by atoms with Gasteiger partial charge >= 0.3 is 6.09 Å². The first kappa shape index (κ1) is 17.2. The molecule has 27 heavy (non-hydrogen) atoms. The van der Waals surface area contributed by atoms with Gasteiger partial charge in [-0.25, -0.2) is 4.79 Å². The van der Waals surface area contributed by atoms with E-state index in [-0.39, 0.29) is 13.2 Å². The molecule has 2 N–H and O–H groups in total. The van der Waals surface area contributed by atoms with Crippen LogP contribution < -0.4 is 5.32 Å². The van der Waals surface area contributed by atoms with E-state index < -0.39 is 6.09 Å². The summed E-state index contributed by atoms with van der Waals surface area (Å²) >= 11 is 1.44. The SMILES string of the molecule is Cc1cccc2[nH]c(-c3nnc(CNC(=O)OCc4ccccc4)s3)cc12. The molecule has 4 rings (SSSR count). The second-order valence-electron chi connectivity index (χ2n) is 6.14. The number of hydrogen-bond donors (Lipinski definition) is 2. The maximum Gasteiger partial charge on any atom is 0.407 e. The maximum absolute atomic E-state index is 11.8. The number of aromatic nitrogens is 3.